The minimum absolute atomic E-state index is 0.159. The Hall–Kier alpha value is -1.64. The number of ketones is 1. The van der Waals surface area contributed by atoms with Crippen molar-refractivity contribution in [2.45, 2.75) is 12.2 Å². The zero-order valence-corrected chi connectivity index (χ0v) is 13.9. The molecule has 1 atom stereocenters. The van der Waals surface area contributed by atoms with Gasteiger partial charge in [0.15, 0.2) is 0 Å². The lowest BCUT2D eigenvalue weighted by molar-refractivity contribution is -0.165. The van der Waals surface area contributed by atoms with E-state index in [-0.39, 0.29) is 18.4 Å². The summed E-state index contributed by atoms with van der Waals surface area (Å²) in [6.45, 7) is 2.44. The Morgan fingerprint density at radius 1 is 1.28 bits per heavy atom. The van der Waals surface area contributed by atoms with E-state index in [4.69, 9.17) is 16.3 Å². The number of benzene rings is 1. The van der Waals surface area contributed by atoms with Crippen LogP contribution in [0.5, 0.6) is 0 Å². The third kappa shape index (κ3) is 5.98. The monoisotopic (exact) mass is 380 g/mol. The Kier molecular flexibility index (Phi) is 6.80. The first-order valence-electron chi connectivity index (χ1n) is 7.57. The average Bonchev–Trinajstić information content (AvgIpc) is 2.56. The summed E-state index contributed by atoms with van der Waals surface area (Å²) in [6.07, 6.45) is -4.66. The fourth-order valence-corrected chi connectivity index (χ4v) is 2.65. The molecular formula is C16H17ClF4N2O2. The molecule has 0 bridgehead atoms. The highest BCUT2D eigenvalue weighted by atomic mass is 35.5. The van der Waals surface area contributed by atoms with Gasteiger partial charge in [-0.2, -0.15) is 13.2 Å². The summed E-state index contributed by atoms with van der Waals surface area (Å²) in [5.41, 5.74) is 0.780. The molecule has 1 saturated heterocycles. The van der Waals surface area contributed by atoms with Crippen LogP contribution in [-0.2, 0) is 9.53 Å². The lowest BCUT2D eigenvalue weighted by atomic mass is 10.0. The molecule has 0 aromatic heterocycles. The van der Waals surface area contributed by atoms with Gasteiger partial charge in [-0.15, -0.1) is 0 Å². The highest BCUT2D eigenvalue weighted by Gasteiger charge is 2.36. The Morgan fingerprint density at radius 2 is 1.88 bits per heavy atom. The van der Waals surface area contributed by atoms with Crippen molar-refractivity contribution in [1.82, 2.24) is 10.2 Å². The molecule has 0 saturated carbocycles. The molecule has 1 N–H and O–H groups in total. The Balaban J connectivity index is 2.09. The molecule has 0 spiro atoms. The number of morpholine rings is 1. The molecule has 1 aromatic rings. The number of hydrogen-bond acceptors (Lipinski definition) is 4. The van der Waals surface area contributed by atoms with E-state index < -0.39 is 17.1 Å². The van der Waals surface area contributed by atoms with Crippen LogP contribution >= 0.6 is 11.6 Å². The number of ether oxygens (including phenoxy) is 1. The van der Waals surface area contributed by atoms with Gasteiger partial charge in [-0.1, -0.05) is 23.7 Å². The van der Waals surface area contributed by atoms with E-state index in [1.165, 1.54) is 12.1 Å². The van der Waals surface area contributed by atoms with E-state index in [9.17, 15) is 22.4 Å². The van der Waals surface area contributed by atoms with E-state index in [1.54, 1.807) is 12.1 Å². The fraction of sp³-hybridized carbons (Fsp3) is 0.438. The largest absolute Gasteiger partial charge is 0.454 e. The minimum Gasteiger partial charge on any atom is -0.379 e. The molecule has 0 aliphatic carbocycles. The van der Waals surface area contributed by atoms with Gasteiger partial charge < -0.3 is 10.1 Å². The van der Waals surface area contributed by atoms with Crippen LogP contribution in [0.4, 0.5) is 17.6 Å². The maximum Gasteiger partial charge on any atom is 0.454 e. The van der Waals surface area contributed by atoms with E-state index in [2.05, 4.69) is 10.2 Å². The maximum absolute atomic E-state index is 13.1. The number of nitrogens with one attached hydrogen (secondary N) is 1. The molecular weight excluding hydrogens is 364 g/mol. The summed E-state index contributed by atoms with van der Waals surface area (Å²) in [7, 11) is 0. The predicted molar refractivity (Wildman–Crippen MR) is 84.5 cm³/mol. The van der Waals surface area contributed by atoms with Gasteiger partial charge in [-0.3, -0.25) is 9.69 Å². The molecule has 1 aliphatic heterocycles. The van der Waals surface area contributed by atoms with E-state index in [1.807, 2.05) is 0 Å². The van der Waals surface area contributed by atoms with Crippen LogP contribution in [0.25, 0.3) is 0 Å². The summed E-state index contributed by atoms with van der Waals surface area (Å²) in [6, 6.07) is 5.58. The van der Waals surface area contributed by atoms with Crippen LogP contribution in [0.1, 0.15) is 11.6 Å². The second-order valence-electron chi connectivity index (χ2n) is 5.45. The highest BCUT2D eigenvalue weighted by molar-refractivity contribution is 6.30. The van der Waals surface area contributed by atoms with Gasteiger partial charge in [0.05, 0.1) is 19.3 Å². The summed E-state index contributed by atoms with van der Waals surface area (Å²) < 4.78 is 55.2. The zero-order chi connectivity index (χ0) is 18.4. The van der Waals surface area contributed by atoms with Crippen molar-refractivity contribution in [2.75, 3.05) is 32.8 Å². The molecule has 2 rings (SSSR count). The number of carbonyl (C=O) groups excluding carboxylic acids is 1. The van der Waals surface area contributed by atoms with Gasteiger partial charge >= 0.3 is 6.18 Å². The normalized spacial score (nSPS) is 18.0. The average molecular weight is 381 g/mol. The minimum atomic E-state index is -4.97. The number of hydrogen-bond donors (Lipinski definition) is 1. The SMILES string of the molecule is O=C(C=C(Cl)NCC(c1ccc(F)cc1)N1CCOCC1)C(F)(F)F. The van der Waals surface area contributed by atoms with Crippen molar-refractivity contribution in [3.05, 3.63) is 46.9 Å². The molecule has 1 heterocycles. The molecule has 0 amide bonds. The molecule has 1 fully saturated rings. The highest BCUT2D eigenvalue weighted by Crippen LogP contribution is 2.23. The lowest BCUT2D eigenvalue weighted by Gasteiger charge is -2.35. The predicted octanol–water partition coefficient (Wildman–Crippen LogP) is 3.00. The second-order valence-corrected chi connectivity index (χ2v) is 5.86. The van der Waals surface area contributed by atoms with Gasteiger partial charge in [0.25, 0.3) is 5.78 Å². The summed E-state index contributed by atoms with van der Waals surface area (Å²) in [4.78, 5) is 13.0. The topological polar surface area (TPSA) is 41.6 Å². The summed E-state index contributed by atoms with van der Waals surface area (Å²) in [5, 5.41) is 2.23. The van der Waals surface area contributed by atoms with Crippen LogP contribution in [-0.4, -0.2) is 49.7 Å². The number of allylic oxidation sites excluding steroid dienone is 1. The summed E-state index contributed by atoms with van der Waals surface area (Å²) in [5.74, 6) is -2.42. The molecule has 0 radical (unpaired) electrons. The first-order valence-corrected chi connectivity index (χ1v) is 7.94. The number of nitrogens with zero attached hydrogens (tertiary/aromatic N) is 1. The third-order valence-electron chi connectivity index (χ3n) is 3.74. The van der Waals surface area contributed by atoms with Gasteiger partial charge in [0.2, 0.25) is 0 Å². The summed E-state index contributed by atoms with van der Waals surface area (Å²) >= 11 is 5.70. The molecule has 25 heavy (non-hydrogen) atoms. The van der Waals surface area contributed by atoms with Crippen molar-refractivity contribution < 1.29 is 27.1 Å². The molecule has 1 aromatic carbocycles. The Labute approximate surface area is 147 Å². The number of carbonyl (C=O) groups is 1. The zero-order valence-electron chi connectivity index (χ0n) is 13.2. The van der Waals surface area contributed by atoms with Crippen LogP contribution in [0.2, 0.25) is 0 Å². The molecule has 1 aliphatic rings. The smallest absolute Gasteiger partial charge is 0.379 e. The van der Waals surface area contributed by atoms with Gasteiger partial charge in [-0.05, 0) is 17.7 Å². The number of alkyl halides is 3. The standard InChI is InChI=1S/C16H17ClF4N2O2/c17-15(9-14(24)16(19,20)21)22-10-13(23-5-7-25-8-6-23)11-1-3-12(18)4-2-11/h1-4,9,13,22H,5-8,10H2. The van der Waals surface area contributed by atoms with E-state index in [0.29, 0.717) is 32.4 Å². The quantitative estimate of drug-likeness (QED) is 0.468. The number of rotatable bonds is 6. The van der Waals surface area contributed by atoms with Crippen molar-refractivity contribution >= 4 is 17.4 Å². The van der Waals surface area contributed by atoms with Crippen LogP contribution < -0.4 is 5.32 Å². The van der Waals surface area contributed by atoms with Crippen molar-refractivity contribution in [3.63, 3.8) is 0 Å². The first kappa shape index (κ1) is 19.7. The molecule has 138 valence electrons. The van der Waals surface area contributed by atoms with Crippen molar-refractivity contribution in [2.24, 2.45) is 0 Å². The Bertz CT molecular complexity index is 614. The van der Waals surface area contributed by atoms with Crippen LogP contribution in [0, 0.1) is 5.82 Å². The van der Waals surface area contributed by atoms with Crippen LogP contribution in [0.3, 0.4) is 0 Å². The lowest BCUT2D eigenvalue weighted by Crippen LogP contribution is -2.42. The van der Waals surface area contributed by atoms with Gasteiger partial charge in [-0.25, -0.2) is 4.39 Å². The van der Waals surface area contributed by atoms with E-state index >= 15 is 0 Å². The second kappa shape index (κ2) is 8.64. The van der Waals surface area contributed by atoms with Crippen LogP contribution in [0.15, 0.2) is 35.5 Å². The maximum atomic E-state index is 13.1. The first-order chi connectivity index (χ1) is 11.8. The fourth-order valence-electron chi connectivity index (χ4n) is 2.47. The van der Waals surface area contributed by atoms with E-state index in [0.717, 1.165) is 5.56 Å². The molecule has 9 heteroatoms. The molecule has 1 unspecified atom stereocenters. The van der Waals surface area contributed by atoms with Gasteiger partial charge in [0.1, 0.15) is 11.0 Å². The molecule has 4 nitrogen and oxygen atoms in total. The van der Waals surface area contributed by atoms with Crippen molar-refractivity contribution in [3.8, 4) is 0 Å². The third-order valence-corrected chi connectivity index (χ3v) is 3.99. The Morgan fingerprint density at radius 3 is 2.44 bits per heavy atom. The van der Waals surface area contributed by atoms with Crippen molar-refractivity contribution in [1.29, 1.82) is 0 Å². The van der Waals surface area contributed by atoms with Gasteiger partial charge in [0, 0.05) is 25.7 Å². The number of halogens is 5.